The Hall–Kier alpha value is -7.24. The van der Waals surface area contributed by atoms with Crippen molar-refractivity contribution in [2.45, 2.75) is 0 Å². The van der Waals surface area contributed by atoms with E-state index < -0.39 is 0 Å². The predicted octanol–water partition coefficient (Wildman–Crippen LogP) is 10.8. The molecular formula is C44H20N4. The molecule has 0 saturated heterocycles. The molecule has 0 saturated carbocycles. The summed E-state index contributed by atoms with van der Waals surface area (Å²) in [5.74, 6) is 0. The molecule has 48 heavy (non-hydrogen) atoms. The van der Waals surface area contributed by atoms with Gasteiger partial charge in [0.05, 0.1) is 46.5 Å². The highest BCUT2D eigenvalue weighted by Crippen LogP contribution is 2.59. The van der Waals surface area contributed by atoms with Gasteiger partial charge in [-0.2, -0.15) is 21.0 Å². The molecule has 0 aliphatic heterocycles. The molecule has 8 aromatic carbocycles. The summed E-state index contributed by atoms with van der Waals surface area (Å²) in [7, 11) is 0. The minimum absolute atomic E-state index is 0.419. The fourth-order valence-electron chi connectivity index (χ4n) is 7.77. The van der Waals surface area contributed by atoms with Crippen LogP contribution in [0.3, 0.4) is 0 Å². The fourth-order valence-corrected chi connectivity index (χ4v) is 7.77. The summed E-state index contributed by atoms with van der Waals surface area (Å²) in [5, 5.41) is 48.9. The Morgan fingerprint density at radius 1 is 0.333 bits per heavy atom. The number of fused-ring (bicyclic) bond motifs is 8. The fraction of sp³-hybridized carbons (Fsp3) is 0. The van der Waals surface area contributed by atoms with Gasteiger partial charge in [0.1, 0.15) is 0 Å². The van der Waals surface area contributed by atoms with Crippen LogP contribution in [0.15, 0.2) is 121 Å². The molecule has 4 nitrogen and oxygen atoms in total. The molecule has 4 heteroatoms. The van der Waals surface area contributed by atoms with Crippen molar-refractivity contribution >= 4 is 43.1 Å². The van der Waals surface area contributed by atoms with Gasteiger partial charge in [-0.3, -0.25) is 0 Å². The number of nitriles is 4. The number of benzene rings is 8. The first kappa shape index (κ1) is 27.1. The molecule has 0 heterocycles. The lowest BCUT2D eigenvalue weighted by atomic mass is 9.79. The molecule has 0 bridgehead atoms. The third kappa shape index (κ3) is 3.61. The van der Waals surface area contributed by atoms with Gasteiger partial charge in [-0.15, -0.1) is 0 Å². The largest absolute Gasteiger partial charge is 0.192 e. The van der Waals surface area contributed by atoms with E-state index in [1.807, 2.05) is 24.3 Å². The standard InChI is InChI=1S/C44H20N4/c45-21-25-11-14-32(29(19-25)23-47)40-38-18-17-34-31-8-2-1-5-27(31)13-16-35(34)41(38)42(33-15-12-26(22-46)20-30(33)24-48)44-37-10-4-7-28-6-3-9-36(39(28)37)43(40)44/h1-20H. The first-order valence-corrected chi connectivity index (χ1v) is 15.5. The minimum Gasteiger partial charge on any atom is -0.192 e. The van der Waals surface area contributed by atoms with Crippen LogP contribution in [0, 0.1) is 45.3 Å². The maximum atomic E-state index is 10.5. The molecule has 216 valence electrons. The normalized spacial score (nSPS) is 11.2. The van der Waals surface area contributed by atoms with Crippen LogP contribution in [0.5, 0.6) is 0 Å². The minimum atomic E-state index is 0.419. The summed E-state index contributed by atoms with van der Waals surface area (Å²) in [6, 6.07) is 49.3. The molecule has 0 radical (unpaired) electrons. The molecule has 8 aromatic rings. The number of nitrogens with zero attached hydrogens (tertiary/aromatic N) is 4. The van der Waals surface area contributed by atoms with Crippen molar-refractivity contribution in [3.05, 3.63) is 144 Å². The third-order valence-corrected chi connectivity index (χ3v) is 9.72. The first-order valence-electron chi connectivity index (χ1n) is 15.5. The number of rotatable bonds is 2. The van der Waals surface area contributed by atoms with Crippen molar-refractivity contribution in [1.82, 2.24) is 0 Å². The van der Waals surface area contributed by atoms with Crippen molar-refractivity contribution in [1.29, 1.82) is 21.0 Å². The lowest BCUT2D eigenvalue weighted by Gasteiger charge is -2.23. The van der Waals surface area contributed by atoms with Crippen LogP contribution >= 0.6 is 0 Å². The molecule has 0 fully saturated rings. The van der Waals surface area contributed by atoms with Gasteiger partial charge >= 0.3 is 0 Å². The quantitative estimate of drug-likeness (QED) is 0.183. The van der Waals surface area contributed by atoms with Crippen LogP contribution in [0.4, 0.5) is 0 Å². The van der Waals surface area contributed by atoms with Gasteiger partial charge < -0.3 is 0 Å². The van der Waals surface area contributed by atoms with Crippen LogP contribution in [-0.2, 0) is 0 Å². The lowest BCUT2D eigenvalue weighted by Crippen LogP contribution is -1.98. The summed E-state index contributed by atoms with van der Waals surface area (Å²) in [4.78, 5) is 0. The zero-order valence-corrected chi connectivity index (χ0v) is 25.3. The van der Waals surface area contributed by atoms with Gasteiger partial charge in [-0.25, -0.2) is 0 Å². The molecule has 0 unspecified atom stereocenters. The zero-order valence-electron chi connectivity index (χ0n) is 25.3. The zero-order chi connectivity index (χ0) is 32.5. The van der Waals surface area contributed by atoms with E-state index in [9.17, 15) is 21.0 Å². The van der Waals surface area contributed by atoms with Crippen LogP contribution in [0.25, 0.3) is 87.6 Å². The van der Waals surface area contributed by atoms with Gasteiger partial charge in [0.2, 0.25) is 0 Å². The van der Waals surface area contributed by atoms with Crippen LogP contribution < -0.4 is 0 Å². The van der Waals surface area contributed by atoms with E-state index in [1.54, 1.807) is 24.3 Å². The Morgan fingerprint density at radius 3 is 1.54 bits per heavy atom. The van der Waals surface area contributed by atoms with Crippen LogP contribution in [-0.4, -0.2) is 0 Å². The third-order valence-electron chi connectivity index (χ3n) is 9.72. The SMILES string of the molecule is N#Cc1ccc(-c2c3c(c(-c4ccc(C#N)cc4C#N)c4c2ccc2c5ccccc5ccc24)-c2cccc4cccc-3c24)c(C#N)c1. The summed E-state index contributed by atoms with van der Waals surface area (Å²) < 4.78 is 0. The summed E-state index contributed by atoms with van der Waals surface area (Å²) in [6.45, 7) is 0. The average molecular weight is 605 g/mol. The Bertz CT molecular complexity index is 2930. The second-order valence-corrected chi connectivity index (χ2v) is 12.0. The molecule has 1 aliphatic carbocycles. The molecular weight excluding hydrogens is 585 g/mol. The van der Waals surface area contributed by atoms with E-state index >= 15 is 0 Å². The second-order valence-electron chi connectivity index (χ2n) is 12.0. The van der Waals surface area contributed by atoms with Crippen molar-refractivity contribution in [3.63, 3.8) is 0 Å². The molecule has 1 aliphatic rings. The highest BCUT2D eigenvalue weighted by Gasteiger charge is 2.32. The van der Waals surface area contributed by atoms with Gasteiger partial charge in [0, 0.05) is 11.1 Å². The average Bonchev–Trinajstić information content (AvgIpc) is 3.48. The number of hydrogen-bond acceptors (Lipinski definition) is 4. The van der Waals surface area contributed by atoms with E-state index in [0.717, 1.165) is 87.6 Å². The maximum absolute atomic E-state index is 10.5. The van der Waals surface area contributed by atoms with E-state index in [2.05, 4.69) is 97.1 Å². The van der Waals surface area contributed by atoms with Crippen molar-refractivity contribution < 1.29 is 0 Å². The van der Waals surface area contributed by atoms with Gasteiger partial charge in [0.25, 0.3) is 0 Å². The highest BCUT2D eigenvalue weighted by atomic mass is 14.4. The second kappa shape index (κ2) is 10.1. The van der Waals surface area contributed by atoms with Crippen molar-refractivity contribution in [3.8, 4) is 68.8 Å². The smallest absolute Gasteiger partial charge is 0.0998 e. The first-order chi connectivity index (χ1) is 23.6. The molecule has 0 spiro atoms. The molecule has 0 atom stereocenters. The maximum Gasteiger partial charge on any atom is 0.0998 e. The Morgan fingerprint density at radius 2 is 0.896 bits per heavy atom. The topological polar surface area (TPSA) is 95.2 Å². The van der Waals surface area contributed by atoms with E-state index in [1.165, 1.54) is 0 Å². The molecule has 0 amide bonds. The Balaban J connectivity index is 1.61. The Labute approximate surface area is 275 Å². The highest BCUT2D eigenvalue weighted by molar-refractivity contribution is 6.32. The van der Waals surface area contributed by atoms with E-state index in [0.29, 0.717) is 22.3 Å². The molecule has 9 rings (SSSR count). The van der Waals surface area contributed by atoms with Gasteiger partial charge in [-0.05, 0) is 101 Å². The predicted molar refractivity (Wildman–Crippen MR) is 191 cm³/mol. The van der Waals surface area contributed by atoms with Gasteiger partial charge in [-0.1, -0.05) is 97.1 Å². The summed E-state index contributed by atoms with van der Waals surface area (Å²) in [6.07, 6.45) is 0. The Kier molecular flexibility index (Phi) is 5.72. The van der Waals surface area contributed by atoms with Gasteiger partial charge in [0.15, 0.2) is 0 Å². The molecule has 0 N–H and O–H groups in total. The number of hydrogen-bond donors (Lipinski definition) is 0. The van der Waals surface area contributed by atoms with E-state index in [4.69, 9.17) is 0 Å². The lowest BCUT2D eigenvalue weighted by molar-refractivity contribution is 1.44. The van der Waals surface area contributed by atoms with Crippen molar-refractivity contribution in [2.24, 2.45) is 0 Å². The summed E-state index contributed by atoms with van der Waals surface area (Å²) >= 11 is 0. The molecule has 0 aromatic heterocycles. The van der Waals surface area contributed by atoms with Crippen molar-refractivity contribution in [2.75, 3.05) is 0 Å². The monoisotopic (exact) mass is 604 g/mol. The van der Waals surface area contributed by atoms with Crippen LogP contribution in [0.1, 0.15) is 22.3 Å². The summed E-state index contributed by atoms with van der Waals surface area (Å²) in [5.41, 5.74) is 9.08. The van der Waals surface area contributed by atoms with E-state index in [-0.39, 0.29) is 0 Å². The van der Waals surface area contributed by atoms with Crippen LogP contribution in [0.2, 0.25) is 0 Å².